The van der Waals surface area contributed by atoms with Gasteiger partial charge >= 0.3 is 0 Å². The SMILES string of the molecule is CC/C=C1/C[C@]2(C/C1=C/CNC(C)(O)CN(C)C(=NC1(C=O)CCOCC1)C1CCCCC1)C(=O)Nc1ncccc12. The molecule has 1 unspecified atom stereocenters. The second kappa shape index (κ2) is 12.8. The van der Waals surface area contributed by atoms with Crippen molar-refractivity contribution in [3.63, 3.8) is 0 Å². The molecule has 9 heteroatoms. The third kappa shape index (κ3) is 6.38. The van der Waals surface area contributed by atoms with Crippen molar-refractivity contribution in [2.75, 3.05) is 38.7 Å². The number of fused-ring (bicyclic) bond motifs is 2. The number of allylic oxidation sites excluding steroid dienone is 3. The number of rotatable bonds is 9. The van der Waals surface area contributed by atoms with Crippen molar-refractivity contribution < 1.29 is 19.4 Å². The summed E-state index contributed by atoms with van der Waals surface area (Å²) in [5, 5.41) is 17.8. The highest BCUT2D eigenvalue weighted by atomic mass is 16.5. The molecule has 1 aromatic heterocycles. The summed E-state index contributed by atoms with van der Waals surface area (Å²) in [5.74, 6) is 1.88. The molecule has 2 saturated carbocycles. The van der Waals surface area contributed by atoms with Crippen molar-refractivity contribution in [2.24, 2.45) is 10.9 Å². The van der Waals surface area contributed by atoms with Gasteiger partial charge in [0, 0.05) is 57.3 Å². The van der Waals surface area contributed by atoms with Crippen molar-refractivity contribution in [1.29, 1.82) is 0 Å². The Hall–Kier alpha value is -2.88. The highest BCUT2D eigenvalue weighted by Crippen LogP contribution is 2.52. The van der Waals surface area contributed by atoms with Crippen LogP contribution >= 0.6 is 0 Å². The minimum atomic E-state index is -1.20. The first-order valence-corrected chi connectivity index (χ1v) is 15.7. The van der Waals surface area contributed by atoms with E-state index in [-0.39, 0.29) is 11.8 Å². The molecule has 9 nitrogen and oxygen atoms in total. The van der Waals surface area contributed by atoms with Gasteiger partial charge < -0.3 is 24.9 Å². The number of hydrogen-bond acceptors (Lipinski definition) is 7. The molecular formula is C33H47N5O4. The average Bonchev–Trinajstić information content (AvgIpc) is 3.48. The summed E-state index contributed by atoms with van der Waals surface area (Å²) in [7, 11) is 1.98. The number of ether oxygens (including phenoxy) is 1. The molecule has 0 bridgehead atoms. The maximum Gasteiger partial charge on any atom is 0.237 e. The molecule has 1 saturated heterocycles. The first kappa shape index (κ1) is 30.6. The summed E-state index contributed by atoms with van der Waals surface area (Å²) in [6.07, 6.45) is 16.0. The van der Waals surface area contributed by atoms with Crippen LogP contribution in [0.2, 0.25) is 0 Å². The smallest absolute Gasteiger partial charge is 0.237 e. The Labute approximate surface area is 249 Å². The van der Waals surface area contributed by atoms with Crippen molar-refractivity contribution in [1.82, 2.24) is 15.2 Å². The lowest BCUT2D eigenvalue weighted by Crippen LogP contribution is -2.53. The van der Waals surface area contributed by atoms with E-state index < -0.39 is 16.7 Å². The molecule has 5 rings (SSSR count). The molecule has 4 aliphatic rings. The third-order valence-electron chi connectivity index (χ3n) is 9.49. The lowest BCUT2D eigenvalue weighted by Gasteiger charge is -2.38. The second-order valence-electron chi connectivity index (χ2n) is 12.8. The van der Waals surface area contributed by atoms with Gasteiger partial charge in [0.15, 0.2) is 0 Å². The summed E-state index contributed by atoms with van der Waals surface area (Å²) < 4.78 is 5.53. The number of likely N-dealkylation sites (N-methyl/N-ethyl adjacent to an activating group) is 1. The van der Waals surface area contributed by atoms with Crippen molar-refractivity contribution in [3.8, 4) is 0 Å². The van der Waals surface area contributed by atoms with E-state index in [1.807, 2.05) is 19.2 Å². The van der Waals surface area contributed by atoms with Gasteiger partial charge in [-0.1, -0.05) is 44.4 Å². The molecule has 3 N–H and O–H groups in total. The van der Waals surface area contributed by atoms with Gasteiger partial charge in [0.2, 0.25) is 5.91 Å². The molecule has 0 aromatic carbocycles. The van der Waals surface area contributed by atoms with E-state index in [1.165, 1.54) is 12.0 Å². The number of aliphatic hydroxyl groups is 1. The van der Waals surface area contributed by atoms with Crippen molar-refractivity contribution in [3.05, 3.63) is 47.2 Å². The van der Waals surface area contributed by atoms with Crippen LogP contribution in [0.15, 0.2) is 46.6 Å². The zero-order valence-corrected chi connectivity index (χ0v) is 25.5. The van der Waals surface area contributed by atoms with Crippen molar-refractivity contribution >= 4 is 23.8 Å². The van der Waals surface area contributed by atoms with E-state index in [1.54, 1.807) is 13.1 Å². The predicted molar refractivity (Wildman–Crippen MR) is 164 cm³/mol. The number of nitrogens with one attached hydrogen (secondary N) is 2. The van der Waals surface area contributed by atoms with Gasteiger partial charge in [0.05, 0.1) is 12.0 Å². The number of nitrogens with zero attached hydrogens (tertiary/aromatic N) is 3. The van der Waals surface area contributed by atoms with Crippen LogP contribution in [0.25, 0.3) is 0 Å². The minimum Gasteiger partial charge on any atom is -0.381 e. The van der Waals surface area contributed by atoms with Crippen LogP contribution in [0.5, 0.6) is 0 Å². The largest absolute Gasteiger partial charge is 0.381 e. The number of amidine groups is 1. The van der Waals surface area contributed by atoms with Crippen LogP contribution in [0.4, 0.5) is 5.82 Å². The topological polar surface area (TPSA) is 116 Å². The summed E-state index contributed by atoms with van der Waals surface area (Å²) in [6, 6.07) is 3.90. The quantitative estimate of drug-likeness (QED) is 0.174. The first-order valence-electron chi connectivity index (χ1n) is 15.7. The van der Waals surface area contributed by atoms with E-state index in [4.69, 9.17) is 9.73 Å². The lowest BCUT2D eigenvalue weighted by atomic mass is 9.80. The molecule has 3 heterocycles. The Bertz CT molecular complexity index is 1240. The molecule has 2 atom stereocenters. The Morgan fingerprint density at radius 1 is 1.24 bits per heavy atom. The van der Waals surface area contributed by atoms with Crippen LogP contribution in [-0.4, -0.2) is 77.6 Å². The van der Waals surface area contributed by atoms with Crippen LogP contribution in [-0.2, 0) is 19.7 Å². The Morgan fingerprint density at radius 3 is 2.64 bits per heavy atom. The predicted octanol–water partition coefficient (Wildman–Crippen LogP) is 4.28. The molecule has 3 fully saturated rings. The molecule has 1 spiro atoms. The Balaban J connectivity index is 1.30. The number of hydrogen-bond donors (Lipinski definition) is 3. The highest BCUT2D eigenvalue weighted by molar-refractivity contribution is 6.06. The molecule has 42 heavy (non-hydrogen) atoms. The molecule has 1 amide bonds. The second-order valence-corrected chi connectivity index (χ2v) is 12.8. The fraction of sp³-hybridized carbons (Fsp3) is 0.636. The highest BCUT2D eigenvalue weighted by Gasteiger charge is 2.52. The monoisotopic (exact) mass is 577 g/mol. The fourth-order valence-electron chi connectivity index (χ4n) is 7.24. The van der Waals surface area contributed by atoms with Gasteiger partial charge in [0.1, 0.15) is 29.2 Å². The molecule has 2 aliphatic heterocycles. The molecule has 228 valence electrons. The van der Waals surface area contributed by atoms with Crippen LogP contribution < -0.4 is 10.6 Å². The number of carbonyl (C=O) groups is 2. The molecule has 2 aliphatic carbocycles. The maximum atomic E-state index is 13.2. The van der Waals surface area contributed by atoms with Crippen LogP contribution in [0.3, 0.4) is 0 Å². The molecule has 0 radical (unpaired) electrons. The van der Waals surface area contributed by atoms with E-state index in [0.29, 0.717) is 57.8 Å². The van der Waals surface area contributed by atoms with Crippen LogP contribution in [0.1, 0.15) is 83.6 Å². The zero-order valence-electron chi connectivity index (χ0n) is 25.5. The van der Waals surface area contributed by atoms with E-state index in [0.717, 1.165) is 55.4 Å². The number of aliphatic imine (C=N–C) groups is 1. The molecular weight excluding hydrogens is 530 g/mol. The summed E-state index contributed by atoms with van der Waals surface area (Å²) in [5.41, 5.74) is 0.724. The zero-order chi connectivity index (χ0) is 29.8. The normalized spacial score (nSPS) is 27.7. The van der Waals surface area contributed by atoms with E-state index in [9.17, 15) is 14.7 Å². The van der Waals surface area contributed by atoms with Crippen molar-refractivity contribution in [2.45, 2.75) is 94.7 Å². The van der Waals surface area contributed by atoms with Gasteiger partial charge in [0.25, 0.3) is 0 Å². The summed E-state index contributed by atoms with van der Waals surface area (Å²) in [4.78, 5) is 37.0. The first-order chi connectivity index (χ1) is 20.2. The third-order valence-corrected chi connectivity index (χ3v) is 9.49. The van der Waals surface area contributed by atoms with Gasteiger partial charge in [-0.25, -0.2) is 4.98 Å². The number of pyridine rings is 1. The van der Waals surface area contributed by atoms with Gasteiger partial charge in [-0.2, -0.15) is 0 Å². The average molecular weight is 578 g/mol. The van der Waals surface area contributed by atoms with Gasteiger partial charge in [-0.3, -0.25) is 15.1 Å². The Kier molecular flexibility index (Phi) is 9.30. The van der Waals surface area contributed by atoms with Gasteiger partial charge in [-0.05, 0) is 56.2 Å². The summed E-state index contributed by atoms with van der Waals surface area (Å²) >= 11 is 0. The minimum absolute atomic E-state index is 0.00957. The molecule has 1 aromatic rings. The van der Waals surface area contributed by atoms with Gasteiger partial charge in [-0.15, -0.1) is 0 Å². The van der Waals surface area contributed by atoms with Crippen LogP contribution in [0, 0.1) is 5.92 Å². The summed E-state index contributed by atoms with van der Waals surface area (Å²) in [6.45, 7) is 5.77. The van der Waals surface area contributed by atoms with E-state index in [2.05, 4.69) is 39.6 Å². The number of aromatic nitrogens is 1. The number of amides is 1. The lowest BCUT2D eigenvalue weighted by molar-refractivity contribution is -0.120. The Morgan fingerprint density at radius 2 is 1.95 bits per heavy atom. The fourth-order valence-corrected chi connectivity index (χ4v) is 7.24. The van der Waals surface area contributed by atoms with E-state index >= 15 is 0 Å². The maximum absolute atomic E-state index is 13.2. The number of aldehydes is 1. The number of carbonyl (C=O) groups excluding carboxylic acids is 2. The number of anilines is 1. The standard InChI is InChI=1S/C33H47N5O4/c1-4-9-25-20-33(27-12-8-16-34-28(27)36-30(33)40)21-26(25)13-17-35-31(2,41)22-38(3)29(24-10-6-5-7-11-24)37-32(23-39)14-18-42-19-15-32/h8-9,12-13,16,23-24,35,41H,4-7,10-11,14-15,17-22H2,1-3H3,(H,34,36,40)/b25-9-,26-13-,37-29?/t31?,33-/m1/s1.